The number of fused-ring (bicyclic) bond motifs is 1. The summed E-state index contributed by atoms with van der Waals surface area (Å²) in [4.78, 5) is 26.6. The lowest BCUT2D eigenvalue weighted by molar-refractivity contribution is -0.117. The molecule has 2 aliphatic rings. The Bertz CT molecular complexity index is 1370. The molecule has 0 bridgehead atoms. The fourth-order valence-corrected chi connectivity index (χ4v) is 5.11. The number of hydrogen-bond donors (Lipinski definition) is 1. The maximum Gasteiger partial charge on any atom is 0.330 e. The third-order valence-electron chi connectivity index (χ3n) is 6.95. The largest absolute Gasteiger partial charge is 0.362 e. The average Bonchev–Trinajstić information content (AvgIpc) is 3.64. The van der Waals surface area contributed by atoms with Crippen LogP contribution in [-0.2, 0) is 19.8 Å². The Kier molecular flexibility index (Phi) is 5.68. The number of ether oxygens (including phenoxy) is 3. The number of aryl methyl sites for hydroxylation is 1. The monoisotopic (exact) mass is 482 g/mol. The zero-order valence-corrected chi connectivity index (χ0v) is 19.7. The second kappa shape index (κ2) is 9.02. The fourth-order valence-electron chi connectivity index (χ4n) is 5.11. The second-order valence-electron chi connectivity index (χ2n) is 9.20. The van der Waals surface area contributed by atoms with Gasteiger partial charge in [0.2, 0.25) is 0 Å². The number of aromatic nitrogens is 2. The number of benzene rings is 3. The molecule has 6 rings (SSSR count). The number of rotatable bonds is 7. The van der Waals surface area contributed by atoms with E-state index in [2.05, 4.69) is 41.4 Å². The third-order valence-corrected chi connectivity index (χ3v) is 6.95. The van der Waals surface area contributed by atoms with Crippen molar-refractivity contribution in [2.75, 3.05) is 6.61 Å². The molecule has 0 radical (unpaired) electrons. The molecular weight excluding hydrogens is 456 g/mol. The van der Waals surface area contributed by atoms with Crippen LogP contribution in [0.25, 0.3) is 0 Å². The van der Waals surface area contributed by atoms with Crippen molar-refractivity contribution < 1.29 is 14.2 Å². The summed E-state index contributed by atoms with van der Waals surface area (Å²) >= 11 is 0. The van der Waals surface area contributed by atoms with Crippen LogP contribution in [0.4, 0.5) is 0 Å². The van der Waals surface area contributed by atoms with Crippen molar-refractivity contribution in [3.05, 3.63) is 140 Å². The van der Waals surface area contributed by atoms with E-state index in [1.807, 2.05) is 54.6 Å². The predicted octanol–water partition coefficient (Wildman–Crippen LogP) is 3.52. The molecule has 3 aromatic carbocycles. The highest BCUT2D eigenvalue weighted by atomic mass is 16.7. The number of nitrogens with zero attached hydrogens (tertiary/aromatic N) is 1. The Morgan fingerprint density at radius 1 is 0.806 bits per heavy atom. The Balaban J connectivity index is 1.35. The van der Waals surface area contributed by atoms with Crippen molar-refractivity contribution in [1.29, 1.82) is 0 Å². The molecular formula is C29H26N2O5. The first kappa shape index (κ1) is 22.7. The summed E-state index contributed by atoms with van der Waals surface area (Å²) in [5.41, 5.74) is 1.64. The van der Waals surface area contributed by atoms with Crippen LogP contribution >= 0.6 is 0 Å². The van der Waals surface area contributed by atoms with Crippen LogP contribution in [-0.4, -0.2) is 34.5 Å². The molecule has 0 amide bonds. The highest BCUT2D eigenvalue weighted by Gasteiger charge is 2.59. The van der Waals surface area contributed by atoms with Crippen LogP contribution in [0.5, 0.6) is 0 Å². The summed E-state index contributed by atoms with van der Waals surface area (Å²) in [6.07, 6.45) is 0.0759. The normalized spacial score (nSPS) is 22.8. The van der Waals surface area contributed by atoms with Gasteiger partial charge < -0.3 is 14.2 Å². The summed E-state index contributed by atoms with van der Waals surface area (Å²) < 4.78 is 20.4. The molecule has 7 nitrogen and oxygen atoms in total. The van der Waals surface area contributed by atoms with Gasteiger partial charge in [-0.25, -0.2) is 4.79 Å². The van der Waals surface area contributed by atoms with Gasteiger partial charge in [-0.2, -0.15) is 0 Å². The summed E-state index contributed by atoms with van der Waals surface area (Å²) in [5, 5.41) is 0. The lowest BCUT2D eigenvalue weighted by Crippen LogP contribution is -2.38. The van der Waals surface area contributed by atoms with Crippen molar-refractivity contribution in [2.24, 2.45) is 0 Å². The van der Waals surface area contributed by atoms with Gasteiger partial charge in [0.1, 0.15) is 23.9 Å². The van der Waals surface area contributed by atoms with Crippen molar-refractivity contribution in [1.82, 2.24) is 9.55 Å². The van der Waals surface area contributed by atoms with Gasteiger partial charge in [-0.15, -0.1) is 0 Å². The van der Waals surface area contributed by atoms with E-state index in [1.54, 1.807) is 6.92 Å². The van der Waals surface area contributed by atoms with E-state index in [0.29, 0.717) is 5.56 Å². The minimum Gasteiger partial charge on any atom is -0.362 e. The van der Waals surface area contributed by atoms with E-state index >= 15 is 0 Å². The topological polar surface area (TPSA) is 85.8 Å². The minimum absolute atomic E-state index is 0.186. The molecule has 2 fully saturated rings. The average molecular weight is 483 g/mol. The molecule has 4 atom stereocenters. The Labute approximate surface area is 207 Å². The first-order valence-electron chi connectivity index (χ1n) is 12.0. The van der Waals surface area contributed by atoms with Gasteiger partial charge >= 0.3 is 5.69 Å². The quantitative estimate of drug-likeness (QED) is 0.322. The van der Waals surface area contributed by atoms with Crippen LogP contribution < -0.4 is 11.2 Å². The van der Waals surface area contributed by atoms with Crippen LogP contribution in [0.15, 0.2) is 107 Å². The van der Waals surface area contributed by atoms with Crippen molar-refractivity contribution in [3.8, 4) is 0 Å². The first-order chi connectivity index (χ1) is 17.6. The number of hydrogen-bond acceptors (Lipinski definition) is 5. The van der Waals surface area contributed by atoms with Crippen molar-refractivity contribution in [3.63, 3.8) is 0 Å². The molecule has 1 aromatic heterocycles. The summed E-state index contributed by atoms with van der Waals surface area (Å²) in [5.74, 6) is 0. The molecule has 0 unspecified atom stereocenters. The Morgan fingerprint density at radius 3 is 1.86 bits per heavy atom. The summed E-state index contributed by atoms with van der Waals surface area (Å²) in [6.45, 7) is 1.90. The van der Waals surface area contributed by atoms with Crippen molar-refractivity contribution >= 4 is 0 Å². The zero-order valence-electron chi connectivity index (χ0n) is 19.7. The van der Waals surface area contributed by atoms with E-state index < -0.39 is 23.1 Å². The van der Waals surface area contributed by atoms with Crippen molar-refractivity contribution in [2.45, 2.75) is 37.1 Å². The van der Waals surface area contributed by atoms with Gasteiger partial charge in [-0.1, -0.05) is 91.0 Å². The molecule has 7 heteroatoms. The fraction of sp³-hybridized carbons (Fsp3) is 0.241. The first-order valence-corrected chi connectivity index (χ1v) is 12.0. The highest BCUT2D eigenvalue weighted by molar-refractivity contribution is 5.47. The maximum absolute atomic E-state index is 12.5. The Morgan fingerprint density at radius 2 is 1.33 bits per heavy atom. The van der Waals surface area contributed by atoms with E-state index in [9.17, 15) is 9.59 Å². The van der Waals surface area contributed by atoms with E-state index in [-0.39, 0.29) is 24.9 Å². The molecule has 2 saturated heterocycles. The standard InChI is InChI=1S/C29H26N2O5/c1-19-17-31(28(33)30-26(19)32)27-25-24(36-25)23(35-27)18-34-29(20-11-5-2-6-12-20,21-13-7-3-8-14-21)22-15-9-4-10-16-22/h2-17,23-25,27H,18H2,1H3,(H,30,32,33)/t23-,24+,25+,27-/m1/s1. The number of nitrogens with one attached hydrogen (secondary N) is 1. The lowest BCUT2D eigenvalue weighted by Gasteiger charge is -2.37. The lowest BCUT2D eigenvalue weighted by atomic mass is 9.80. The van der Waals surface area contributed by atoms with Gasteiger partial charge in [-0.05, 0) is 23.6 Å². The number of aromatic amines is 1. The molecule has 0 saturated carbocycles. The van der Waals surface area contributed by atoms with E-state index in [1.165, 1.54) is 10.8 Å². The minimum atomic E-state index is -0.874. The molecule has 1 N–H and O–H groups in total. The molecule has 36 heavy (non-hydrogen) atoms. The van der Waals surface area contributed by atoms with Gasteiger partial charge in [0.15, 0.2) is 6.23 Å². The van der Waals surface area contributed by atoms with Crippen LogP contribution in [0.3, 0.4) is 0 Å². The smallest absolute Gasteiger partial charge is 0.330 e. The molecule has 0 aliphatic carbocycles. The molecule has 4 aromatic rings. The molecule has 2 aliphatic heterocycles. The third kappa shape index (κ3) is 3.82. The number of H-pyrrole nitrogens is 1. The van der Waals surface area contributed by atoms with Gasteiger partial charge in [0.05, 0.1) is 6.61 Å². The summed E-state index contributed by atoms with van der Waals surface area (Å²) in [6, 6.07) is 30.4. The zero-order chi connectivity index (χ0) is 24.7. The molecule has 3 heterocycles. The van der Waals surface area contributed by atoms with E-state index in [4.69, 9.17) is 14.2 Å². The Hall–Kier alpha value is -3.78. The summed E-state index contributed by atoms with van der Waals surface area (Å²) in [7, 11) is 0. The highest BCUT2D eigenvalue weighted by Crippen LogP contribution is 2.46. The van der Waals surface area contributed by atoms with Gasteiger partial charge in [0, 0.05) is 11.8 Å². The van der Waals surface area contributed by atoms with Crippen LogP contribution in [0.1, 0.15) is 28.5 Å². The molecule has 0 spiro atoms. The molecule has 182 valence electrons. The van der Waals surface area contributed by atoms with E-state index in [0.717, 1.165) is 16.7 Å². The second-order valence-corrected chi connectivity index (χ2v) is 9.20. The SMILES string of the molecule is Cc1cn([C@@H]2O[C@H](COC(c3ccccc3)(c3ccccc3)c3ccccc3)[C@@H]3O[C@@H]32)c(=O)[nH]c1=O. The van der Waals surface area contributed by atoms with Gasteiger partial charge in [0.25, 0.3) is 5.56 Å². The maximum atomic E-state index is 12.5. The van der Waals surface area contributed by atoms with Gasteiger partial charge in [-0.3, -0.25) is 14.3 Å². The van der Waals surface area contributed by atoms with Crippen LogP contribution in [0, 0.1) is 6.92 Å². The number of epoxide rings is 1. The van der Waals surface area contributed by atoms with Crippen LogP contribution in [0.2, 0.25) is 0 Å². The predicted molar refractivity (Wildman–Crippen MR) is 134 cm³/mol.